The highest BCUT2D eigenvalue weighted by molar-refractivity contribution is 8.00. The van der Waals surface area contributed by atoms with Crippen molar-refractivity contribution in [1.82, 2.24) is 0 Å². The second kappa shape index (κ2) is 6.48. The van der Waals surface area contributed by atoms with Crippen molar-refractivity contribution in [3.8, 4) is 0 Å². The summed E-state index contributed by atoms with van der Waals surface area (Å²) in [5.74, 6) is 0. The van der Waals surface area contributed by atoms with Gasteiger partial charge in [-0.2, -0.15) is 0 Å². The van der Waals surface area contributed by atoms with Crippen molar-refractivity contribution in [1.29, 1.82) is 0 Å². The van der Waals surface area contributed by atoms with E-state index in [1.807, 2.05) is 36.4 Å². The molecule has 88 valence electrons. The van der Waals surface area contributed by atoms with Gasteiger partial charge in [0.25, 0.3) is 0 Å². The number of hydrogen-bond donors (Lipinski definition) is 1. The van der Waals surface area contributed by atoms with Gasteiger partial charge in [0.1, 0.15) is 0 Å². The molecule has 0 bridgehead atoms. The van der Waals surface area contributed by atoms with E-state index in [1.165, 1.54) is 10.5 Å². The average molecular weight is 244 g/mol. The molecule has 0 spiro atoms. The van der Waals surface area contributed by atoms with Crippen LogP contribution in [0.4, 0.5) is 0 Å². The van der Waals surface area contributed by atoms with Crippen LogP contribution in [0.25, 0.3) is 0 Å². The summed E-state index contributed by atoms with van der Waals surface area (Å²) in [6, 6.07) is 20.5. The highest BCUT2D eigenvalue weighted by atomic mass is 32.2. The van der Waals surface area contributed by atoms with Crippen LogP contribution in [0, 0.1) is 0 Å². The van der Waals surface area contributed by atoms with Crippen LogP contribution in [-0.4, -0.2) is 17.0 Å². The Bertz CT molecular complexity index is 386. The summed E-state index contributed by atoms with van der Waals surface area (Å²) in [6.07, 6.45) is 0.900. The van der Waals surface area contributed by atoms with E-state index in [-0.39, 0.29) is 11.9 Å². The van der Waals surface area contributed by atoms with Gasteiger partial charge in [0.15, 0.2) is 0 Å². The minimum Gasteiger partial charge on any atom is -0.395 e. The summed E-state index contributed by atoms with van der Waals surface area (Å²) in [5.41, 5.74) is 1.27. The smallest absolute Gasteiger partial charge is 0.0556 e. The molecule has 1 nitrogen and oxygen atoms in total. The summed E-state index contributed by atoms with van der Waals surface area (Å²) >= 11 is 1.73. The van der Waals surface area contributed by atoms with Crippen LogP contribution in [0.2, 0.25) is 0 Å². The molecule has 2 heteroatoms. The fraction of sp³-hybridized carbons (Fsp3) is 0.200. The zero-order valence-electron chi connectivity index (χ0n) is 9.62. The zero-order valence-corrected chi connectivity index (χ0v) is 10.4. The Hall–Kier alpha value is -1.25. The van der Waals surface area contributed by atoms with Gasteiger partial charge in [-0.15, -0.1) is 11.8 Å². The van der Waals surface area contributed by atoms with E-state index in [1.54, 1.807) is 11.8 Å². The monoisotopic (exact) mass is 244 g/mol. The number of aliphatic hydroxyl groups is 1. The van der Waals surface area contributed by atoms with Crippen LogP contribution >= 0.6 is 11.8 Å². The van der Waals surface area contributed by atoms with E-state index in [4.69, 9.17) is 0 Å². The van der Waals surface area contributed by atoms with Crippen LogP contribution < -0.4 is 0 Å². The molecule has 0 aliphatic rings. The van der Waals surface area contributed by atoms with Crippen LogP contribution in [0.5, 0.6) is 0 Å². The minimum absolute atomic E-state index is 0.203. The highest BCUT2D eigenvalue weighted by Gasteiger charge is 2.09. The summed E-state index contributed by atoms with van der Waals surface area (Å²) in [5, 5.41) is 9.65. The number of aliphatic hydroxyl groups excluding tert-OH is 1. The molecule has 0 saturated carbocycles. The average Bonchev–Trinajstić information content (AvgIpc) is 2.40. The SMILES string of the molecule is OC[C@H](Cc1ccccc1)Sc1ccccc1. The molecule has 2 rings (SSSR count). The fourth-order valence-electron chi connectivity index (χ4n) is 1.71. The quantitative estimate of drug-likeness (QED) is 0.814. The molecule has 2 aromatic rings. The lowest BCUT2D eigenvalue weighted by molar-refractivity contribution is 0.294. The molecule has 2 aromatic carbocycles. The molecule has 0 saturated heterocycles. The minimum atomic E-state index is 0.203. The van der Waals surface area contributed by atoms with Gasteiger partial charge < -0.3 is 5.11 Å². The first-order valence-corrected chi connectivity index (χ1v) is 6.63. The van der Waals surface area contributed by atoms with E-state index in [2.05, 4.69) is 24.3 Å². The molecule has 0 radical (unpaired) electrons. The lowest BCUT2D eigenvalue weighted by atomic mass is 10.1. The molecule has 0 unspecified atom stereocenters. The largest absolute Gasteiger partial charge is 0.395 e. The van der Waals surface area contributed by atoms with Gasteiger partial charge >= 0.3 is 0 Å². The van der Waals surface area contributed by atoms with E-state index in [0.717, 1.165) is 6.42 Å². The maximum Gasteiger partial charge on any atom is 0.0556 e. The molecule has 0 amide bonds. The van der Waals surface area contributed by atoms with Crippen LogP contribution in [0.15, 0.2) is 65.6 Å². The van der Waals surface area contributed by atoms with Crippen LogP contribution in [0.1, 0.15) is 5.56 Å². The number of thioether (sulfide) groups is 1. The molecular weight excluding hydrogens is 228 g/mol. The van der Waals surface area contributed by atoms with Crippen LogP contribution in [0.3, 0.4) is 0 Å². The summed E-state index contributed by atoms with van der Waals surface area (Å²) in [6.45, 7) is 0.203. The fourth-order valence-corrected chi connectivity index (χ4v) is 2.76. The molecule has 1 N–H and O–H groups in total. The Kier molecular flexibility index (Phi) is 4.65. The zero-order chi connectivity index (χ0) is 11.9. The number of rotatable bonds is 5. The predicted octanol–water partition coefficient (Wildman–Crippen LogP) is 3.38. The lowest BCUT2D eigenvalue weighted by Gasteiger charge is -2.13. The standard InChI is InChI=1S/C15H16OS/c16-12-15(11-13-7-3-1-4-8-13)17-14-9-5-2-6-10-14/h1-10,15-16H,11-12H2/t15-/m0/s1. The van der Waals surface area contributed by atoms with Gasteiger partial charge in [0.05, 0.1) is 6.61 Å². The van der Waals surface area contributed by atoms with Crippen molar-refractivity contribution in [2.45, 2.75) is 16.6 Å². The third-order valence-corrected chi connectivity index (χ3v) is 3.75. The first-order valence-electron chi connectivity index (χ1n) is 5.75. The third kappa shape index (κ3) is 3.91. The van der Waals surface area contributed by atoms with E-state index < -0.39 is 0 Å². The summed E-state index contributed by atoms with van der Waals surface area (Å²) < 4.78 is 0. The molecule has 1 atom stereocenters. The Balaban J connectivity index is 1.98. The van der Waals surface area contributed by atoms with Gasteiger partial charge in [0, 0.05) is 10.1 Å². The molecule has 0 aliphatic heterocycles. The van der Waals surface area contributed by atoms with Crippen molar-refractivity contribution in [2.75, 3.05) is 6.61 Å². The molecule has 0 heterocycles. The van der Waals surface area contributed by atoms with Gasteiger partial charge in [-0.1, -0.05) is 48.5 Å². The van der Waals surface area contributed by atoms with E-state index >= 15 is 0 Å². The third-order valence-electron chi connectivity index (χ3n) is 2.56. The highest BCUT2D eigenvalue weighted by Crippen LogP contribution is 2.25. The Morgan fingerprint density at radius 1 is 0.882 bits per heavy atom. The molecule has 0 fully saturated rings. The Labute approximate surface area is 107 Å². The van der Waals surface area contributed by atoms with Gasteiger partial charge in [-0.25, -0.2) is 0 Å². The Morgan fingerprint density at radius 3 is 2.06 bits per heavy atom. The van der Waals surface area contributed by atoms with Gasteiger partial charge in [-0.3, -0.25) is 0 Å². The van der Waals surface area contributed by atoms with Crippen molar-refractivity contribution < 1.29 is 5.11 Å². The second-order valence-corrected chi connectivity index (χ2v) is 5.30. The van der Waals surface area contributed by atoms with E-state index in [0.29, 0.717) is 0 Å². The maximum atomic E-state index is 9.43. The second-order valence-electron chi connectivity index (χ2n) is 3.93. The van der Waals surface area contributed by atoms with Crippen molar-refractivity contribution in [3.63, 3.8) is 0 Å². The lowest BCUT2D eigenvalue weighted by Crippen LogP contribution is -2.11. The molecular formula is C15H16OS. The molecule has 0 aliphatic carbocycles. The first-order chi connectivity index (χ1) is 8.38. The van der Waals surface area contributed by atoms with Crippen molar-refractivity contribution >= 4 is 11.8 Å². The number of hydrogen-bond acceptors (Lipinski definition) is 2. The van der Waals surface area contributed by atoms with Gasteiger partial charge in [0.2, 0.25) is 0 Å². The first kappa shape index (κ1) is 12.2. The maximum absolute atomic E-state index is 9.43. The predicted molar refractivity (Wildman–Crippen MR) is 73.3 cm³/mol. The van der Waals surface area contributed by atoms with Crippen molar-refractivity contribution in [3.05, 3.63) is 66.2 Å². The van der Waals surface area contributed by atoms with E-state index in [9.17, 15) is 5.11 Å². The van der Waals surface area contributed by atoms with Crippen molar-refractivity contribution in [2.24, 2.45) is 0 Å². The summed E-state index contributed by atoms with van der Waals surface area (Å²) in [4.78, 5) is 1.21. The number of benzene rings is 2. The normalized spacial score (nSPS) is 12.3. The summed E-state index contributed by atoms with van der Waals surface area (Å²) in [7, 11) is 0. The van der Waals surface area contributed by atoms with Gasteiger partial charge in [-0.05, 0) is 24.1 Å². The van der Waals surface area contributed by atoms with Crippen LogP contribution in [-0.2, 0) is 6.42 Å². The molecule has 0 aromatic heterocycles. The topological polar surface area (TPSA) is 20.2 Å². The molecule has 17 heavy (non-hydrogen) atoms. The Morgan fingerprint density at radius 2 is 1.47 bits per heavy atom.